The highest BCUT2D eigenvalue weighted by Crippen LogP contribution is 2.40. The van der Waals surface area contributed by atoms with Crippen molar-refractivity contribution < 1.29 is 8.42 Å². The number of hydrogen-bond donors (Lipinski definition) is 1. The summed E-state index contributed by atoms with van der Waals surface area (Å²) in [7, 11) is -2.83. The number of halogens is 2. The third-order valence-electron chi connectivity index (χ3n) is 3.49. The summed E-state index contributed by atoms with van der Waals surface area (Å²) in [5.41, 5.74) is 6.06. The highest BCUT2D eigenvalue weighted by molar-refractivity contribution is 7.90. The van der Waals surface area contributed by atoms with E-state index >= 15 is 0 Å². The van der Waals surface area contributed by atoms with Crippen molar-refractivity contribution in [2.24, 2.45) is 17.6 Å². The standard InChI is InChI=1S/C10H20N2O2S.2ClH/c1-15(13,14)5-4-12-6-9(8-2-3-8)10(11)7-12;;/h8-10H,2-7,11H2,1H3;2*1H/t9-,10+;;/m1../s1. The van der Waals surface area contributed by atoms with E-state index in [2.05, 4.69) is 4.90 Å². The van der Waals surface area contributed by atoms with Crippen LogP contribution in [0.25, 0.3) is 0 Å². The molecule has 0 spiro atoms. The van der Waals surface area contributed by atoms with Gasteiger partial charge in [0.15, 0.2) is 0 Å². The van der Waals surface area contributed by atoms with Gasteiger partial charge < -0.3 is 10.6 Å². The van der Waals surface area contributed by atoms with E-state index in [1.54, 1.807) is 0 Å². The fraction of sp³-hybridized carbons (Fsp3) is 1.00. The summed E-state index contributed by atoms with van der Waals surface area (Å²) in [6, 6.07) is 0.261. The van der Waals surface area contributed by atoms with Gasteiger partial charge in [-0.05, 0) is 24.7 Å². The van der Waals surface area contributed by atoms with E-state index in [0.717, 1.165) is 19.0 Å². The summed E-state index contributed by atoms with van der Waals surface area (Å²) in [5.74, 6) is 1.70. The molecule has 1 heterocycles. The molecule has 0 amide bonds. The molecule has 2 rings (SSSR count). The van der Waals surface area contributed by atoms with Crippen molar-refractivity contribution >= 4 is 34.7 Å². The fourth-order valence-electron chi connectivity index (χ4n) is 2.44. The highest BCUT2D eigenvalue weighted by atomic mass is 35.5. The number of likely N-dealkylation sites (tertiary alicyclic amines) is 1. The molecule has 1 saturated carbocycles. The third-order valence-corrected chi connectivity index (χ3v) is 4.42. The van der Waals surface area contributed by atoms with Crippen molar-refractivity contribution in [2.45, 2.75) is 18.9 Å². The van der Waals surface area contributed by atoms with E-state index in [1.165, 1.54) is 19.1 Å². The van der Waals surface area contributed by atoms with Crippen LogP contribution in [0.5, 0.6) is 0 Å². The SMILES string of the molecule is CS(=O)(=O)CCN1C[C@H](C2CC2)[C@@H](N)C1.Cl.Cl. The summed E-state index contributed by atoms with van der Waals surface area (Å²) in [5, 5.41) is 0. The second-order valence-corrected chi connectivity index (χ2v) is 7.31. The molecular weight excluding hydrogens is 283 g/mol. The Kier molecular flexibility index (Phi) is 6.74. The summed E-state index contributed by atoms with van der Waals surface area (Å²) in [4.78, 5) is 2.20. The Labute approximate surface area is 116 Å². The molecule has 0 aromatic rings. The van der Waals surface area contributed by atoms with Crippen molar-refractivity contribution in [1.29, 1.82) is 0 Å². The molecule has 2 aliphatic rings. The van der Waals surface area contributed by atoms with Crippen LogP contribution in [0.3, 0.4) is 0 Å². The first-order valence-electron chi connectivity index (χ1n) is 5.61. The first-order chi connectivity index (χ1) is 6.96. The first-order valence-corrected chi connectivity index (χ1v) is 7.67. The number of rotatable bonds is 4. The van der Waals surface area contributed by atoms with Crippen LogP contribution >= 0.6 is 24.8 Å². The van der Waals surface area contributed by atoms with Gasteiger partial charge >= 0.3 is 0 Å². The molecule has 1 aliphatic carbocycles. The average molecular weight is 305 g/mol. The Hall–Kier alpha value is 0.450. The third kappa shape index (κ3) is 5.30. The fourth-order valence-corrected chi connectivity index (χ4v) is 3.03. The Morgan fingerprint density at radius 2 is 1.82 bits per heavy atom. The molecule has 0 aromatic carbocycles. The minimum Gasteiger partial charge on any atom is -0.326 e. The zero-order chi connectivity index (χ0) is 11.1. The van der Waals surface area contributed by atoms with Crippen LogP contribution in [-0.4, -0.2) is 51.0 Å². The second kappa shape index (κ2) is 6.57. The number of sulfone groups is 1. The highest BCUT2D eigenvalue weighted by Gasteiger charge is 2.40. The molecule has 2 N–H and O–H groups in total. The van der Waals surface area contributed by atoms with Crippen LogP contribution in [0.4, 0.5) is 0 Å². The van der Waals surface area contributed by atoms with E-state index in [1.807, 2.05) is 0 Å². The molecule has 1 saturated heterocycles. The molecule has 0 unspecified atom stereocenters. The van der Waals surface area contributed by atoms with E-state index < -0.39 is 9.84 Å². The van der Waals surface area contributed by atoms with Gasteiger partial charge in [-0.2, -0.15) is 0 Å². The van der Waals surface area contributed by atoms with Crippen LogP contribution < -0.4 is 5.73 Å². The Bertz CT molecular complexity index is 333. The predicted molar refractivity (Wildman–Crippen MR) is 74.8 cm³/mol. The molecular formula is C10H22Cl2N2O2S. The largest absolute Gasteiger partial charge is 0.326 e. The molecule has 2 atom stereocenters. The second-order valence-electron chi connectivity index (χ2n) is 5.05. The van der Waals surface area contributed by atoms with Gasteiger partial charge in [-0.15, -0.1) is 24.8 Å². The van der Waals surface area contributed by atoms with Gasteiger partial charge in [0.1, 0.15) is 9.84 Å². The van der Waals surface area contributed by atoms with Crippen LogP contribution in [0.1, 0.15) is 12.8 Å². The monoisotopic (exact) mass is 304 g/mol. The van der Waals surface area contributed by atoms with Gasteiger partial charge in [0.25, 0.3) is 0 Å². The van der Waals surface area contributed by atoms with E-state index in [9.17, 15) is 8.42 Å². The van der Waals surface area contributed by atoms with Gasteiger partial charge in [-0.3, -0.25) is 0 Å². The maximum absolute atomic E-state index is 11.0. The van der Waals surface area contributed by atoms with Gasteiger partial charge in [-0.25, -0.2) is 8.42 Å². The Morgan fingerprint density at radius 1 is 1.24 bits per heavy atom. The van der Waals surface area contributed by atoms with E-state index in [0.29, 0.717) is 12.5 Å². The summed E-state index contributed by atoms with van der Waals surface area (Å²) in [6.45, 7) is 2.52. The van der Waals surface area contributed by atoms with Crippen molar-refractivity contribution in [1.82, 2.24) is 4.90 Å². The van der Waals surface area contributed by atoms with Gasteiger partial charge in [-0.1, -0.05) is 0 Å². The van der Waals surface area contributed by atoms with Crippen LogP contribution in [-0.2, 0) is 9.84 Å². The lowest BCUT2D eigenvalue weighted by Crippen LogP contribution is -2.31. The van der Waals surface area contributed by atoms with E-state index in [-0.39, 0.29) is 36.6 Å². The van der Waals surface area contributed by atoms with Gasteiger partial charge in [0, 0.05) is 31.9 Å². The summed E-state index contributed by atoms with van der Waals surface area (Å²) in [6.07, 6.45) is 3.93. The summed E-state index contributed by atoms with van der Waals surface area (Å²) < 4.78 is 22.1. The lowest BCUT2D eigenvalue weighted by atomic mass is 9.99. The predicted octanol–water partition coefficient (Wildman–Crippen LogP) is 0.544. The molecule has 1 aliphatic heterocycles. The summed E-state index contributed by atoms with van der Waals surface area (Å²) >= 11 is 0. The Morgan fingerprint density at radius 3 is 2.29 bits per heavy atom. The number of hydrogen-bond acceptors (Lipinski definition) is 4. The average Bonchev–Trinajstić information content (AvgIpc) is 2.87. The molecule has 104 valence electrons. The maximum atomic E-state index is 11.0. The molecule has 7 heteroatoms. The number of nitrogens with zero attached hydrogens (tertiary/aromatic N) is 1. The van der Waals surface area contributed by atoms with Crippen molar-refractivity contribution in [3.63, 3.8) is 0 Å². The lowest BCUT2D eigenvalue weighted by molar-refractivity contribution is 0.334. The van der Waals surface area contributed by atoms with E-state index in [4.69, 9.17) is 5.73 Å². The maximum Gasteiger partial charge on any atom is 0.148 e. The zero-order valence-corrected chi connectivity index (χ0v) is 12.5. The lowest BCUT2D eigenvalue weighted by Gasteiger charge is -2.14. The van der Waals surface area contributed by atoms with Crippen LogP contribution in [0.2, 0.25) is 0 Å². The molecule has 0 radical (unpaired) electrons. The van der Waals surface area contributed by atoms with Gasteiger partial charge in [0.2, 0.25) is 0 Å². The molecule has 17 heavy (non-hydrogen) atoms. The van der Waals surface area contributed by atoms with Gasteiger partial charge in [0.05, 0.1) is 5.75 Å². The minimum atomic E-state index is -2.83. The topological polar surface area (TPSA) is 63.4 Å². The molecule has 4 nitrogen and oxygen atoms in total. The van der Waals surface area contributed by atoms with Crippen molar-refractivity contribution in [3.05, 3.63) is 0 Å². The van der Waals surface area contributed by atoms with Crippen molar-refractivity contribution in [2.75, 3.05) is 31.6 Å². The quantitative estimate of drug-likeness (QED) is 0.823. The first kappa shape index (κ1) is 17.4. The van der Waals surface area contributed by atoms with Crippen LogP contribution in [0, 0.1) is 11.8 Å². The molecule has 2 fully saturated rings. The number of nitrogens with two attached hydrogens (primary N) is 1. The van der Waals surface area contributed by atoms with Crippen LogP contribution in [0.15, 0.2) is 0 Å². The molecule has 0 bridgehead atoms. The normalized spacial score (nSPS) is 29.5. The van der Waals surface area contributed by atoms with Crippen molar-refractivity contribution in [3.8, 4) is 0 Å². The Balaban J connectivity index is 0.00000128. The smallest absolute Gasteiger partial charge is 0.148 e. The molecule has 0 aromatic heterocycles. The zero-order valence-electron chi connectivity index (χ0n) is 10.0. The minimum absolute atomic E-state index is 0.